The highest BCUT2D eigenvalue weighted by molar-refractivity contribution is 6.34. The van der Waals surface area contributed by atoms with Crippen LogP contribution in [0.25, 0.3) is 11.1 Å². The van der Waals surface area contributed by atoms with Crippen molar-refractivity contribution in [1.82, 2.24) is 4.98 Å². The molecule has 0 fully saturated rings. The van der Waals surface area contributed by atoms with Gasteiger partial charge < -0.3 is 9.73 Å². The highest BCUT2D eigenvalue weighted by Crippen LogP contribution is 2.33. The number of fused-ring (bicyclic) bond motifs is 2. The second-order valence-corrected chi connectivity index (χ2v) is 5.63. The fourth-order valence-electron chi connectivity index (χ4n) is 2.77. The minimum Gasteiger partial charge on any atom is -0.439 e. The largest absolute Gasteiger partial charge is 0.439 e. The second-order valence-electron chi connectivity index (χ2n) is 5.23. The molecule has 5 heteroatoms. The monoisotopic (exact) mass is 302 g/mol. The van der Waals surface area contributed by atoms with Gasteiger partial charge in [0.05, 0.1) is 10.9 Å². The summed E-state index contributed by atoms with van der Waals surface area (Å²) >= 11 is 6.01. The molecule has 0 saturated carbocycles. The van der Waals surface area contributed by atoms with E-state index in [-0.39, 0.29) is 10.9 Å². The smallest absolute Gasteiger partial charge is 0.200 e. The molecule has 106 valence electrons. The van der Waals surface area contributed by atoms with Crippen molar-refractivity contribution in [3.63, 3.8) is 0 Å². The number of para-hydroxylation sites is 1. The summed E-state index contributed by atoms with van der Waals surface area (Å²) in [5, 5.41) is 3.63. The lowest BCUT2D eigenvalue weighted by atomic mass is 9.94. The zero-order valence-electron chi connectivity index (χ0n) is 11.1. The molecule has 1 aliphatic rings. The van der Waals surface area contributed by atoms with Crippen molar-refractivity contribution >= 4 is 28.4 Å². The van der Waals surface area contributed by atoms with Gasteiger partial charge in [0.1, 0.15) is 11.3 Å². The molecule has 0 aliphatic carbocycles. The third kappa shape index (κ3) is 2.16. The van der Waals surface area contributed by atoms with Crippen LogP contribution in [-0.2, 0) is 6.42 Å². The summed E-state index contributed by atoms with van der Waals surface area (Å²) in [6, 6.07) is 10.8. The van der Waals surface area contributed by atoms with Crippen molar-refractivity contribution in [1.29, 1.82) is 0 Å². The maximum absolute atomic E-state index is 13.4. The van der Waals surface area contributed by atoms with Crippen molar-refractivity contribution in [2.45, 2.75) is 12.3 Å². The van der Waals surface area contributed by atoms with Crippen LogP contribution in [0.4, 0.5) is 10.1 Å². The number of hydrogen-bond acceptors (Lipinski definition) is 3. The van der Waals surface area contributed by atoms with Crippen LogP contribution in [0.15, 0.2) is 40.8 Å². The van der Waals surface area contributed by atoms with Crippen molar-refractivity contribution in [2.75, 3.05) is 11.9 Å². The van der Waals surface area contributed by atoms with Gasteiger partial charge in [-0.3, -0.25) is 0 Å². The molecule has 1 aliphatic heterocycles. The van der Waals surface area contributed by atoms with Gasteiger partial charge >= 0.3 is 0 Å². The number of oxazole rings is 1. The van der Waals surface area contributed by atoms with E-state index in [9.17, 15) is 4.39 Å². The third-order valence-corrected chi connectivity index (χ3v) is 4.08. The summed E-state index contributed by atoms with van der Waals surface area (Å²) in [4.78, 5) is 4.40. The minimum atomic E-state index is -0.403. The molecule has 2 aromatic carbocycles. The molecule has 1 unspecified atom stereocenters. The van der Waals surface area contributed by atoms with E-state index in [2.05, 4.69) is 22.4 Å². The summed E-state index contributed by atoms with van der Waals surface area (Å²) in [5.41, 5.74) is 3.29. The van der Waals surface area contributed by atoms with E-state index >= 15 is 0 Å². The van der Waals surface area contributed by atoms with Gasteiger partial charge in [-0.1, -0.05) is 29.8 Å². The van der Waals surface area contributed by atoms with E-state index in [1.54, 1.807) is 0 Å². The number of benzene rings is 2. The van der Waals surface area contributed by atoms with E-state index in [0.717, 1.165) is 18.7 Å². The van der Waals surface area contributed by atoms with Crippen LogP contribution in [0.5, 0.6) is 0 Å². The zero-order valence-corrected chi connectivity index (χ0v) is 11.8. The van der Waals surface area contributed by atoms with Gasteiger partial charge in [-0.05, 0) is 24.1 Å². The van der Waals surface area contributed by atoms with E-state index in [0.29, 0.717) is 17.0 Å². The Morgan fingerprint density at radius 2 is 2.14 bits per heavy atom. The van der Waals surface area contributed by atoms with E-state index < -0.39 is 5.82 Å². The van der Waals surface area contributed by atoms with E-state index in [1.807, 2.05) is 12.1 Å². The van der Waals surface area contributed by atoms with Gasteiger partial charge in [0.15, 0.2) is 5.58 Å². The molecular formula is C16H12ClFN2O. The fraction of sp³-hybridized carbons (Fsp3) is 0.188. The number of anilines is 1. The number of nitrogens with zero attached hydrogens (tertiary/aromatic N) is 1. The first-order valence-electron chi connectivity index (χ1n) is 6.78. The predicted molar refractivity (Wildman–Crippen MR) is 80.4 cm³/mol. The highest BCUT2D eigenvalue weighted by atomic mass is 35.5. The maximum atomic E-state index is 13.4. The number of halogens is 2. The van der Waals surface area contributed by atoms with Crippen LogP contribution < -0.4 is 5.32 Å². The van der Waals surface area contributed by atoms with Crippen molar-refractivity contribution in [2.24, 2.45) is 0 Å². The SMILES string of the molecule is Fc1cc(Cl)c2oc(C3CNc4ccccc4C3)nc2c1. The number of nitrogens with one attached hydrogen (secondary N) is 1. The summed E-state index contributed by atoms with van der Waals surface area (Å²) in [7, 11) is 0. The molecule has 2 heterocycles. The third-order valence-electron chi connectivity index (χ3n) is 3.80. The van der Waals surface area contributed by atoms with Crippen LogP contribution in [0.3, 0.4) is 0 Å². The summed E-state index contributed by atoms with van der Waals surface area (Å²) in [6.45, 7) is 0.740. The first-order chi connectivity index (χ1) is 10.2. The molecule has 3 aromatic rings. The normalized spacial score (nSPS) is 17.5. The zero-order chi connectivity index (χ0) is 14.4. The molecule has 21 heavy (non-hydrogen) atoms. The topological polar surface area (TPSA) is 38.1 Å². The number of hydrogen-bond donors (Lipinski definition) is 1. The van der Waals surface area contributed by atoms with Crippen molar-refractivity contribution < 1.29 is 8.81 Å². The standard InChI is InChI=1S/C16H12ClFN2O/c17-12-6-11(18)7-14-15(12)21-16(20-14)10-5-9-3-1-2-4-13(9)19-8-10/h1-4,6-7,10,19H,5,8H2. The average molecular weight is 303 g/mol. The van der Waals surface area contributed by atoms with Gasteiger partial charge in [-0.25, -0.2) is 9.37 Å². The molecule has 0 radical (unpaired) electrons. The number of rotatable bonds is 1. The van der Waals surface area contributed by atoms with Crippen LogP contribution in [-0.4, -0.2) is 11.5 Å². The molecule has 1 aromatic heterocycles. The molecule has 0 saturated heterocycles. The van der Waals surface area contributed by atoms with Gasteiger partial charge in [0, 0.05) is 18.3 Å². The molecule has 0 spiro atoms. The molecular weight excluding hydrogens is 291 g/mol. The van der Waals surface area contributed by atoms with Gasteiger partial charge in [0.25, 0.3) is 0 Å². The quantitative estimate of drug-likeness (QED) is 0.725. The molecule has 1 atom stereocenters. The van der Waals surface area contributed by atoms with Crippen molar-refractivity contribution in [3.8, 4) is 0 Å². The average Bonchev–Trinajstić information content (AvgIpc) is 2.91. The summed E-state index contributed by atoms with van der Waals surface area (Å²) in [6.07, 6.45) is 0.843. The van der Waals surface area contributed by atoms with Crippen molar-refractivity contribution in [3.05, 3.63) is 58.7 Å². The Balaban J connectivity index is 1.73. The first-order valence-corrected chi connectivity index (χ1v) is 7.16. The summed E-state index contributed by atoms with van der Waals surface area (Å²) < 4.78 is 19.1. The second kappa shape index (κ2) is 4.74. The molecule has 1 N–H and O–H groups in total. The van der Waals surface area contributed by atoms with Crippen LogP contribution in [0.1, 0.15) is 17.4 Å². The summed E-state index contributed by atoms with van der Waals surface area (Å²) in [5.74, 6) is 0.311. The first kappa shape index (κ1) is 12.7. The molecule has 3 nitrogen and oxygen atoms in total. The number of aromatic nitrogens is 1. The molecule has 4 rings (SSSR count). The fourth-order valence-corrected chi connectivity index (χ4v) is 3.01. The Hall–Kier alpha value is -2.07. The van der Waals surface area contributed by atoms with Crippen LogP contribution in [0, 0.1) is 5.82 Å². The lowest BCUT2D eigenvalue weighted by Gasteiger charge is -2.23. The predicted octanol–water partition coefficient (Wildman–Crippen LogP) is 4.37. The van der Waals surface area contributed by atoms with E-state index in [1.165, 1.54) is 17.7 Å². The van der Waals surface area contributed by atoms with Gasteiger partial charge in [-0.2, -0.15) is 0 Å². The molecule has 0 amide bonds. The Morgan fingerprint density at radius 3 is 3.05 bits per heavy atom. The van der Waals surface area contributed by atoms with Crippen LogP contribution >= 0.6 is 11.6 Å². The Kier molecular flexibility index (Phi) is 2.86. The lowest BCUT2D eigenvalue weighted by Crippen LogP contribution is -2.21. The van der Waals surface area contributed by atoms with Gasteiger partial charge in [-0.15, -0.1) is 0 Å². The minimum absolute atomic E-state index is 0.117. The van der Waals surface area contributed by atoms with Crippen LogP contribution in [0.2, 0.25) is 5.02 Å². The van der Waals surface area contributed by atoms with Gasteiger partial charge in [0.2, 0.25) is 5.89 Å². The Morgan fingerprint density at radius 1 is 1.29 bits per heavy atom. The Bertz CT molecular complexity index is 830. The molecule has 0 bridgehead atoms. The lowest BCUT2D eigenvalue weighted by molar-refractivity contribution is 0.471. The van der Waals surface area contributed by atoms with E-state index in [4.69, 9.17) is 16.0 Å². The Labute approximate surface area is 125 Å². The maximum Gasteiger partial charge on any atom is 0.200 e. The highest BCUT2D eigenvalue weighted by Gasteiger charge is 2.24.